The first kappa shape index (κ1) is 45.3. The van der Waals surface area contributed by atoms with Crippen molar-refractivity contribution in [2.45, 2.75) is 122 Å². The lowest BCUT2D eigenvalue weighted by molar-refractivity contribution is -0.147. The molecule has 0 aliphatic heterocycles. The number of carbonyl (C=O) groups excluding carboxylic acids is 5. The molecule has 292 valence electrons. The van der Waals surface area contributed by atoms with E-state index in [0.29, 0.717) is 19.3 Å². The van der Waals surface area contributed by atoms with Gasteiger partial charge in [0.25, 0.3) is 0 Å². The number of amides is 3. The predicted octanol–water partition coefficient (Wildman–Crippen LogP) is 5.39. The summed E-state index contributed by atoms with van der Waals surface area (Å²) in [6, 6.07) is 0. The third kappa shape index (κ3) is 13.1. The number of carboxylic acids is 1. The highest BCUT2D eigenvalue weighted by molar-refractivity contribution is 5.91. The number of aliphatic carboxylic acids is 1. The molecule has 3 aliphatic rings. The van der Waals surface area contributed by atoms with Gasteiger partial charge >= 0.3 is 36.2 Å². The van der Waals surface area contributed by atoms with E-state index < -0.39 is 69.6 Å². The Hall–Kier alpha value is -4.69. The van der Waals surface area contributed by atoms with Crippen LogP contribution in [0.3, 0.4) is 0 Å². The van der Waals surface area contributed by atoms with Gasteiger partial charge in [0.05, 0.1) is 6.61 Å². The second-order valence-electron chi connectivity index (χ2n) is 15.6. The van der Waals surface area contributed by atoms with Crippen LogP contribution in [0.5, 0.6) is 0 Å². The summed E-state index contributed by atoms with van der Waals surface area (Å²) in [5.41, 5.74) is -5.08. The van der Waals surface area contributed by atoms with Gasteiger partial charge in [0.2, 0.25) is 6.61 Å². The summed E-state index contributed by atoms with van der Waals surface area (Å²) in [4.78, 5) is 69.6. The number of nitrogens with one attached hydrogen (secondary N) is 3. The molecule has 0 aromatic rings. The minimum atomic E-state index is -1.22. The number of hydrogen-bond donors (Lipinski definition) is 4. The first-order chi connectivity index (χ1) is 23.7. The van der Waals surface area contributed by atoms with Gasteiger partial charge < -0.3 is 44.7 Å². The maximum Gasteiger partial charge on any atom is 0.408 e. The van der Waals surface area contributed by atoms with Crippen LogP contribution in [-0.4, -0.2) is 87.9 Å². The number of hydrogen-bond acceptors (Lipinski definition) is 11. The van der Waals surface area contributed by atoms with Crippen LogP contribution in [0.4, 0.5) is 14.4 Å². The number of ether oxygens (including phenoxy) is 5. The Kier molecular flexibility index (Phi) is 15.0. The highest BCUT2D eigenvalue weighted by Crippen LogP contribution is 2.47. The van der Waals surface area contributed by atoms with Gasteiger partial charge in [0, 0.05) is 17.8 Å². The normalized spacial score (nSPS) is 26.7. The Labute approximate surface area is 307 Å². The molecule has 4 N–H and O–H groups in total. The second-order valence-corrected chi connectivity index (χ2v) is 15.6. The number of rotatable bonds is 11. The molecule has 0 heterocycles. The van der Waals surface area contributed by atoms with Crippen molar-refractivity contribution in [2.24, 2.45) is 17.8 Å². The van der Waals surface area contributed by atoms with Crippen LogP contribution in [0.15, 0.2) is 38.0 Å². The van der Waals surface area contributed by atoms with Gasteiger partial charge in [0.15, 0.2) is 0 Å². The summed E-state index contributed by atoms with van der Waals surface area (Å²) in [5.74, 6) is -2.41. The van der Waals surface area contributed by atoms with Crippen molar-refractivity contribution in [3.8, 4) is 0 Å². The van der Waals surface area contributed by atoms with Gasteiger partial charge in [-0.25, -0.2) is 28.8 Å². The van der Waals surface area contributed by atoms with E-state index in [0.717, 1.165) is 0 Å². The monoisotopic (exact) mass is 736 g/mol. The molecule has 0 spiro atoms. The molecule has 2 unspecified atom stereocenters. The number of carbonyl (C=O) groups is 6. The average molecular weight is 737 g/mol. The van der Waals surface area contributed by atoms with E-state index in [9.17, 15) is 28.8 Å². The van der Waals surface area contributed by atoms with Crippen LogP contribution in [0.2, 0.25) is 0 Å². The molecule has 6 atom stereocenters. The zero-order valence-corrected chi connectivity index (χ0v) is 32.3. The van der Waals surface area contributed by atoms with E-state index >= 15 is 0 Å². The van der Waals surface area contributed by atoms with Gasteiger partial charge in [-0.1, -0.05) is 18.2 Å². The first-order valence-electron chi connectivity index (χ1n) is 17.0. The Balaban J connectivity index is 0.000000391. The smallest absolute Gasteiger partial charge is 0.408 e. The molecule has 15 heteroatoms. The lowest BCUT2D eigenvalue weighted by atomic mass is 10.2. The van der Waals surface area contributed by atoms with Crippen molar-refractivity contribution in [3.63, 3.8) is 0 Å². The van der Waals surface area contributed by atoms with Gasteiger partial charge in [-0.3, -0.25) is 0 Å². The molecular weight excluding hydrogens is 678 g/mol. The van der Waals surface area contributed by atoms with E-state index in [-0.39, 0.29) is 31.0 Å². The van der Waals surface area contributed by atoms with Crippen LogP contribution in [0.25, 0.3) is 0 Å². The van der Waals surface area contributed by atoms with E-state index in [1.807, 2.05) is 0 Å². The van der Waals surface area contributed by atoms with E-state index in [4.69, 9.17) is 28.8 Å². The van der Waals surface area contributed by atoms with E-state index in [1.165, 1.54) is 6.08 Å². The fourth-order valence-corrected chi connectivity index (χ4v) is 4.96. The molecule has 52 heavy (non-hydrogen) atoms. The third-order valence-electron chi connectivity index (χ3n) is 7.69. The van der Waals surface area contributed by atoms with Gasteiger partial charge in [-0.05, 0) is 88.5 Å². The minimum Gasteiger partial charge on any atom is -0.479 e. The summed E-state index contributed by atoms with van der Waals surface area (Å²) >= 11 is 0. The summed E-state index contributed by atoms with van der Waals surface area (Å²) in [5, 5.41) is 16.6. The summed E-state index contributed by atoms with van der Waals surface area (Å²) in [6.45, 7) is 32.0. The summed E-state index contributed by atoms with van der Waals surface area (Å²) in [6.07, 6.45) is 4.21. The zero-order valence-electron chi connectivity index (χ0n) is 32.3. The molecule has 3 fully saturated rings. The molecule has 0 radical (unpaired) electrons. The Morgan fingerprint density at radius 1 is 0.635 bits per heavy atom. The average Bonchev–Trinajstić information content (AvgIpc) is 3.90. The molecule has 3 saturated carbocycles. The maximum absolute atomic E-state index is 11.9. The van der Waals surface area contributed by atoms with Gasteiger partial charge in [-0.15, -0.1) is 19.7 Å². The lowest BCUT2D eigenvalue weighted by Crippen LogP contribution is -2.47. The molecular formula is C37H58N3O12+. The van der Waals surface area contributed by atoms with Crippen LogP contribution in [0, 0.1) is 24.7 Å². The Morgan fingerprint density at radius 3 is 1.15 bits per heavy atom. The molecule has 3 rings (SSSR count). The third-order valence-corrected chi connectivity index (χ3v) is 7.69. The maximum atomic E-state index is 11.9. The Bertz CT molecular complexity index is 1300. The highest BCUT2D eigenvalue weighted by atomic mass is 16.6. The van der Waals surface area contributed by atoms with Gasteiger partial charge in [0.1, 0.15) is 40.3 Å². The zero-order chi connectivity index (χ0) is 40.5. The summed E-state index contributed by atoms with van der Waals surface area (Å²) < 4.78 is 25.1. The van der Waals surface area contributed by atoms with Crippen molar-refractivity contribution in [2.75, 3.05) is 13.2 Å². The SMILES string of the molecule is C=CC1CC1(NC(=O)OC(C)(C)C)C(=O)OCC.C=C[C@@H]1C[C@]1(NC(=O)OC(C)(C)C)C(=O)OC[CH2+].C=C[C@H]1C[C@@]1(NC(=O)OC(C)(C)C)C(=O)O. The number of alkyl carbamates (subject to hydrolysis) is 3. The van der Waals surface area contributed by atoms with Crippen molar-refractivity contribution >= 4 is 36.2 Å². The highest BCUT2D eigenvalue weighted by Gasteiger charge is 2.63. The molecule has 0 aromatic heterocycles. The predicted molar refractivity (Wildman–Crippen MR) is 192 cm³/mol. The van der Waals surface area contributed by atoms with Gasteiger partial charge in [-0.2, -0.15) is 0 Å². The van der Waals surface area contributed by atoms with Crippen LogP contribution >= 0.6 is 0 Å². The van der Waals surface area contributed by atoms with Crippen molar-refractivity contribution in [3.05, 3.63) is 44.9 Å². The van der Waals surface area contributed by atoms with Crippen LogP contribution < -0.4 is 16.0 Å². The summed E-state index contributed by atoms with van der Waals surface area (Å²) in [7, 11) is 0. The van der Waals surface area contributed by atoms with Crippen molar-refractivity contribution in [1.29, 1.82) is 0 Å². The molecule has 3 amide bonds. The standard InChI is InChI=1S/C13H21NO4.C13H19NO4.C11H17NO4/c2*1-6-9-8-13(9,10(15)17-7-2)14-11(16)18-12(3,4)5;1-5-7-6-11(7,8(13)14)12-9(15)16-10(2,3)4/h6,9H,1,7-8H2,2-5H3,(H,14,16);6,9H,1-2,7-8H2,3-5H3;5,7H,1,6H2,2-4H3,(H,12,15)(H,13,14)/p+1/t;9-,13-;7-,11-/m.10/s1. The fourth-order valence-electron chi connectivity index (χ4n) is 4.96. The number of esters is 2. The second kappa shape index (κ2) is 17.2. The van der Waals surface area contributed by atoms with E-state index in [1.54, 1.807) is 81.4 Å². The van der Waals surface area contributed by atoms with Crippen molar-refractivity contribution < 1.29 is 57.6 Å². The molecule has 0 aromatic carbocycles. The number of carboxylic acid groups (broad SMARTS) is 1. The molecule has 3 aliphatic carbocycles. The Morgan fingerprint density at radius 2 is 0.923 bits per heavy atom. The fraction of sp³-hybridized carbons (Fsp3) is 0.649. The first-order valence-corrected chi connectivity index (χ1v) is 17.0. The van der Waals surface area contributed by atoms with Crippen LogP contribution in [-0.2, 0) is 38.1 Å². The minimum absolute atomic E-state index is 0.0282. The molecule has 0 bridgehead atoms. The quantitative estimate of drug-likeness (QED) is 0.0912. The van der Waals surface area contributed by atoms with Crippen LogP contribution in [0.1, 0.15) is 88.5 Å². The largest absolute Gasteiger partial charge is 0.479 e. The van der Waals surface area contributed by atoms with Crippen molar-refractivity contribution in [1.82, 2.24) is 16.0 Å². The van der Waals surface area contributed by atoms with E-state index in [2.05, 4.69) is 42.6 Å². The lowest BCUT2D eigenvalue weighted by Gasteiger charge is -2.23. The molecule has 15 nitrogen and oxygen atoms in total. The topological polar surface area (TPSA) is 205 Å². The molecule has 0 saturated heterocycles.